The number of alkyl carbamates (subject to hydrolysis) is 1. The number of halogens is 3. The van der Waals surface area contributed by atoms with Gasteiger partial charge in [-0.25, -0.2) is 23.2 Å². The first kappa shape index (κ1) is 49.9. The van der Waals surface area contributed by atoms with Crippen LogP contribution in [0.2, 0.25) is 0 Å². The van der Waals surface area contributed by atoms with Crippen molar-refractivity contribution < 1.29 is 55.0 Å². The molecule has 4 heterocycles. The van der Waals surface area contributed by atoms with Crippen LogP contribution in [0.15, 0.2) is 41.9 Å². The Morgan fingerprint density at radius 3 is 2.42 bits per heavy atom. The molecule has 1 saturated heterocycles. The molecule has 0 radical (unpaired) electrons. The van der Waals surface area contributed by atoms with Crippen LogP contribution in [0.4, 0.5) is 18.0 Å². The van der Waals surface area contributed by atoms with E-state index < -0.39 is 85.9 Å². The van der Waals surface area contributed by atoms with E-state index in [1.54, 1.807) is 45.4 Å². The smallest absolute Gasteiger partial charge is 0.427 e. The van der Waals surface area contributed by atoms with Crippen LogP contribution in [0.3, 0.4) is 0 Å². The van der Waals surface area contributed by atoms with Gasteiger partial charge in [-0.2, -0.15) is 13.2 Å². The molecule has 15 nitrogen and oxygen atoms in total. The summed E-state index contributed by atoms with van der Waals surface area (Å²) in [5.41, 5.74) is -3.16. The van der Waals surface area contributed by atoms with Crippen molar-refractivity contribution in [3.8, 4) is 22.2 Å². The maximum absolute atomic E-state index is 15.1. The second-order valence-electron chi connectivity index (χ2n) is 20.3. The number of sulfonamides is 1. The Labute approximate surface area is 393 Å². The fourth-order valence-electron chi connectivity index (χ4n) is 8.75. The van der Waals surface area contributed by atoms with Crippen LogP contribution in [-0.2, 0) is 34.6 Å². The van der Waals surface area contributed by atoms with E-state index >= 15 is 4.79 Å². The second-order valence-corrected chi connectivity index (χ2v) is 23.4. The molecular formula is C47H61F3N6O9S2. The van der Waals surface area contributed by atoms with Crippen molar-refractivity contribution in [2.75, 3.05) is 13.7 Å². The fraction of sp³-hybridized carbons (Fsp3) is 0.617. The van der Waals surface area contributed by atoms with Crippen LogP contribution in [0.5, 0.6) is 11.6 Å². The number of carbonyl (C=O) groups is 4. The van der Waals surface area contributed by atoms with Crippen LogP contribution in [0.25, 0.3) is 21.3 Å². The molecule has 4 amide bonds. The van der Waals surface area contributed by atoms with Gasteiger partial charge in [-0.3, -0.25) is 19.1 Å². The number of aromatic nitrogens is 2. The zero-order valence-corrected chi connectivity index (χ0v) is 41.0. The number of pyridine rings is 1. The summed E-state index contributed by atoms with van der Waals surface area (Å²) < 4.78 is 86.7. The fourth-order valence-corrected chi connectivity index (χ4v) is 11.1. The summed E-state index contributed by atoms with van der Waals surface area (Å²) in [6, 6.07) is 2.56. The predicted molar refractivity (Wildman–Crippen MR) is 246 cm³/mol. The summed E-state index contributed by atoms with van der Waals surface area (Å²) in [4.78, 5) is 68.3. The number of rotatable bonds is 10. The number of alkyl halides is 3. The van der Waals surface area contributed by atoms with Crippen LogP contribution in [0.1, 0.15) is 112 Å². The van der Waals surface area contributed by atoms with Crippen LogP contribution < -0.4 is 24.8 Å². The topological polar surface area (TPSA) is 195 Å². The van der Waals surface area contributed by atoms with Gasteiger partial charge in [-0.05, 0) is 89.3 Å². The summed E-state index contributed by atoms with van der Waals surface area (Å²) in [6.45, 7) is 12.7. The highest BCUT2D eigenvalue weighted by Crippen LogP contribution is 2.48. The lowest BCUT2D eigenvalue weighted by Crippen LogP contribution is -2.60. The Morgan fingerprint density at radius 1 is 1.07 bits per heavy atom. The SMILES string of the molecule is CC[C@@H]1C[C@H](C)CC/C=C\C2C[C@@]2(C(=O)NS(=O)(=O)C2(C)CC2)NC(=O)[C@@H]2C[C@@H](Oc3ncc(-c4nc(C(C)(C)C)cs4)c4cc(OC)ccc34)CN2C(=O)[C@H]1NC(=O)OC(C)(C)C(F)(F)F. The monoisotopic (exact) mass is 974 g/mol. The normalized spacial score (nSPS) is 27.4. The Bertz CT molecular complexity index is 2550. The molecule has 0 spiro atoms. The molecule has 1 unspecified atom stereocenters. The number of hydrogen-bond acceptors (Lipinski definition) is 12. The Hall–Kier alpha value is -4.98. The lowest BCUT2D eigenvalue weighted by atomic mass is 9.85. The van der Waals surface area contributed by atoms with Gasteiger partial charge in [0.25, 0.3) is 5.91 Å². The maximum Gasteiger partial charge on any atom is 0.427 e. The number of hydrogen-bond donors (Lipinski definition) is 3. The number of ether oxygens (including phenoxy) is 3. The van der Waals surface area contributed by atoms with Gasteiger partial charge < -0.3 is 29.7 Å². The second kappa shape index (κ2) is 18.2. The molecule has 2 saturated carbocycles. The molecule has 2 aliphatic heterocycles. The van der Waals surface area contributed by atoms with Gasteiger partial charge >= 0.3 is 12.3 Å². The number of methoxy groups -OCH3 is 1. The third-order valence-corrected chi connectivity index (χ3v) is 16.8. The first-order valence-corrected chi connectivity index (χ1v) is 25.1. The predicted octanol–water partition coefficient (Wildman–Crippen LogP) is 7.72. The summed E-state index contributed by atoms with van der Waals surface area (Å²) in [6.07, 6.45) is 0.535. The Kier molecular flexibility index (Phi) is 13.5. The van der Waals surface area contributed by atoms with Crippen molar-refractivity contribution in [3.63, 3.8) is 0 Å². The van der Waals surface area contributed by atoms with E-state index in [-0.39, 0.29) is 36.6 Å². The molecule has 4 aliphatic rings. The summed E-state index contributed by atoms with van der Waals surface area (Å²) in [5.74, 6) is -2.95. The maximum atomic E-state index is 15.1. The molecule has 2 aliphatic carbocycles. The zero-order chi connectivity index (χ0) is 49.1. The minimum Gasteiger partial charge on any atom is -0.497 e. The molecule has 366 valence electrons. The largest absolute Gasteiger partial charge is 0.497 e. The molecule has 2 aromatic heterocycles. The van der Waals surface area contributed by atoms with Crippen LogP contribution in [0, 0.1) is 17.8 Å². The van der Waals surface area contributed by atoms with Crippen LogP contribution in [-0.4, -0.2) is 101 Å². The molecule has 3 N–H and O–H groups in total. The highest BCUT2D eigenvalue weighted by molar-refractivity contribution is 7.91. The molecular weight excluding hydrogens is 914 g/mol. The van der Waals surface area contributed by atoms with Gasteiger partial charge in [0.1, 0.15) is 34.5 Å². The number of allylic oxidation sites excluding steroid dienone is 1. The standard InChI is InChI=1S/C47H61F3N6O9S2/c1-10-27-19-26(2)13-11-12-14-28-22-46(28,41(59)55-67(61,62)45(8)17-18-45)54-37(57)34-21-30(24-56(34)40(58)36(27)53-42(60)65-44(6,7)47(48,49)50)64-38-31-16-15-29(63-9)20-32(31)33(23-51-38)39-52-35(25-66-39)43(3,4)5/h12,14-16,20,23,25-28,30,34,36H,10-11,13,17-19,21-22,24H2,1-9H3,(H,53,60)(H,54,57)(H,55,59)/b14-12-/t26-,27-,28?,30-,34+,36+,46-/m1/s1. The number of carbonyl (C=O) groups excluding carboxylic acids is 4. The van der Waals surface area contributed by atoms with E-state index in [2.05, 4.69) is 36.1 Å². The van der Waals surface area contributed by atoms with Crippen molar-refractivity contribution in [1.29, 1.82) is 0 Å². The van der Waals surface area contributed by atoms with E-state index in [1.165, 1.54) is 16.2 Å². The van der Waals surface area contributed by atoms with Gasteiger partial charge in [0, 0.05) is 45.7 Å². The van der Waals surface area contributed by atoms with E-state index in [9.17, 15) is 36.0 Å². The van der Waals surface area contributed by atoms with Gasteiger partial charge in [0.15, 0.2) is 0 Å². The molecule has 7 atom stereocenters. The highest BCUT2D eigenvalue weighted by Gasteiger charge is 2.63. The third kappa shape index (κ3) is 10.2. The third-order valence-electron chi connectivity index (χ3n) is 13.7. The number of thiazole rings is 1. The average Bonchev–Trinajstić information content (AvgIpc) is 4.02. The number of nitrogens with zero attached hydrogens (tertiary/aromatic N) is 3. The van der Waals surface area contributed by atoms with E-state index in [4.69, 9.17) is 24.2 Å². The molecule has 67 heavy (non-hydrogen) atoms. The summed E-state index contributed by atoms with van der Waals surface area (Å²) in [7, 11) is -2.56. The molecule has 3 aromatic rings. The molecule has 0 bridgehead atoms. The van der Waals surface area contributed by atoms with Crippen molar-refractivity contribution in [2.45, 2.75) is 152 Å². The molecule has 3 fully saturated rings. The minimum absolute atomic E-state index is 0.0493. The van der Waals surface area contributed by atoms with Crippen molar-refractivity contribution in [1.82, 2.24) is 30.2 Å². The van der Waals surface area contributed by atoms with Crippen LogP contribution >= 0.6 is 11.3 Å². The minimum atomic E-state index is -4.93. The molecule has 20 heteroatoms. The Morgan fingerprint density at radius 2 is 1.79 bits per heavy atom. The zero-order valence-electron chi connectivity index (χ0n) is 39.3. The van der Waals surface area contributed by atoms with Gasteiger partial charge in [0.2, 0.25) is 33.3 Å². The lowest BCUT2D eigenvalue weighted by Gasteiger charge is -2.35. The van der Waals surface area contributed by atoms with Gasteiger partial charge in [-0.1, -0.05) is 53.2 Å². The van der Waals surface area contributed by atoms with Gasteiger partial charge in [-0.15, -0.1) is 11.3 Å². The summed E-state index contributed by atoms with van der Waals surface area (Å²) in [5, 5.41) is 9.30. The van der Waals surface area contributed by atoms with E-state index in [1.807, 2.05) is 24.4 Å². The van der Waals surface area contributed by atoms with Crippen molar-refractivity contribution in [2.24, 2.45) is 17.8 Å². The van der Waals surface area contributed by atoms with Crippen molar-refractivity contribution >= 4 is 55.9 Å². The van der Waals surface area contributed by atoms with Gasteiger partial charge in [0.05, 0.1) is 24.1 Å². The lowest BCUT2D eigenvalue weighted by molar-refractivity contribution is -0.244. The summed E-state index contributed by atoms with van der Waals surface area (Å²) >= 11 is 1.47. The first-order chi connectivity index (χ1) is 31.2. The van der Waals surface area contributed by atoms with E-state index in [0.717, 1.165) is 16.3 Å². The number of nitrogens with one attached hydrogen (secondary N) is 3. The van der Waals surface area contributed by atoms with E-state index in [0.29, 0.717) is 68.9 Å². The number of benzene rings is 1. The average molecular weight is 975 g/mol. The highest BCUT2D eigenvalue weighted by atomic mass is 32.2. The number of fused-ring (bicyclic) bond motifs is 3. The van der Waals surface area contributed by atoms with Crippen molar-refractivity contribution in [3.05, 3.63) is 47.6 Å². The Balaban J connectivity index is 1.27. The number of amides is 4. The first-order valence-electron chi connectivity index (χ1n) is 22.7. The molecule has 7 rings (SSSR count). The molecule has 1 aromatic carbocycles. The quantitative estimate of drug-likeness (QED) is 0.168.